The topological polar surface area (TPSA) is 29.1 Å². The average molecular weight is 346 g/mol. The van der Waals surface area contributed by atoms with E-state index in [4.69, 9.17) is 11.6 Å². The lowest BCUT2D eigenvalue weighted by Gasteiger charge is -2.26. The van der Waals surface area contributed by atoms with Gasteiger partial charge in [0, 0.05) is 22.9 Å². The first-order chi connectivity index (χ1) is 11.4. The fourth-order valence-electron chi connectivity index (χ4n) is 3.15. The maximum absolute atomic E-state index is 14.0. The molecule has 0 aromatic heterocycles. The van der Waals surface area contributed by atoms with Gasteiger partial charge < -0.3 is 5.32 Å². The summed E-state index contributed by atoms with van der Waals surface area (Å²) in [5, 5.41) is 3.69. The van der Waals surface area contributed by atoms with E-state index in [1.807, 2.05) is 44.2 Å². The zero-order valence-electron chi connectivity index (χ0n) is 13.9. The Morgan fingerprint density at radius 3 is 2.58 bits per heavy atom. The van der Waals surface area contributed by atoms with Crippen molar-refractivity contribution in [2.24, 2.45) is 5.92 Å². The van der Waals surface area contributed by atoms with Gasteiger partial charge in [0.15, 0.2) is 0 Å². The molecule has 1 fully saturated rings. The van der Waals surface area contributed by atoms with Crippen LogP contribution in [0.2, 0.25) is 5.02 Å². The smallest absolute Gasteiger partial charge is 0.223 e. The largest absolute Gasteiger partial charge is 0.355 e. The fraction of sp³-hybridized carbons (Fsp3) is 0.350. The van der Waals surface area contributed by atoms with Gasteiger partial charge in [0.2, 0.25) is 5.91 Å². The van der Waals surface area contributed by atoms with E-state index in [9.17, 15) is 9.18 Å². The van der Waals surface area contributed by atoms with E-state index in [-0.39, 0.29) is 23.6 Å². The van der Waals surface area contributed by atoms with E-state index < -0.39 is 5.41 Å². The van der Waals surface area contributed by atoms with Gasteiger partial charge in [-0.05, 0) is 35.6 Å². The zero-order valence-corrected chi connectivity index (χ0v) is 14.6. The molecule has 4 heteroatoms. The molecule has 1 aliphatic carbocycles. The van der Waals surface area contributed by atoms with Crippen LogP contribution in [0.1, 0.15) is 37.3 Å². The number of halogens is 2. The second kappa shape index (κ2) is 6.56. The second-order valence-electron chi connectivity index (χ2n) is 7.05. The van der Waals surface area contributed by atoms with Crippen LogP contribution in [0.4, 0.5) is 4.39 Å². The molecular weight excluding hydrogens is 325 g/mol. The van der Waals surface area contributed by atoms with E-state index in [1.165, 1.54) is 6.07 Å². The van der Waals surface area contributed by atoms with E-state index in [1.54, 1.807) is 12.1 Å². The van der Waals surface area contributed by atoms with Crippen LogP contribution < -0.4 is 5.32 Å². The summed E-state index contributed by atoms with van der Waals surface area (Å²) >= 11 is 6.20. The second-order valence-corrected chi connectivity index (χ2v) is 7.46. The molecular formula is C20H21ClFNO. The highest BCUT2D eigenvalue weighted by atomic mass is 35.5. The summed E-state index contributed by atoms with van der Waals surface area (Å²) in [5.41, 5.74) is 1.19. The molecule has 1 N–H and O–H groups in total. The molecule has 0 aliphatic heterocycles. The Labute approximate surface area is 147 Å². The molecule has 2 atom stereocenters. The van der Waals surface area contributed by atoms with Gasteiger partial charge in [0.05, 0.1) is 0 Å². The summed E-state index contributed by atoms with van der Waals surface area (Å²) in [6.07, 6.45) is 0.815. The van der Waals surface area contributed by atoms with Crippen LogP contribution in [0.25, 0.3) is 0 Å². The number of carbonyl (C=O) groups is 1. The van der Waals surface area contributed by atoms with Crippen molar-refractivity contribution in [2.75, 3.05) is 6.54 Å². The van der Waals surface area contributed by atoms with Gasteiger partial charge in [0.1, 0.15) is 5.82 Å². The summed E-state index contributed by atoms with van der Waals surface area (Å²) in [6, 6.07) is 14.4. The summed E-state index contributed by atoms with van der Waals surface area (Å²) in [7, 11) is 0. The first-order valence-corrected chi connectivity index (χ1v) is 8.55. The van der Waals surface area contributed by atoms with Gasteiger partial charge in [0.25, 0.3) is 0 Å². The van der Waals surface area contributed by atoms with Gasteiger partial charge >= 0.3 is 0 Å². The molecule has 2 aromatic rings. The van der Waals surface area contributed by atoms with Crippen molar-refractivity contribution in [1.82, 2.24) is 5.32 Å². The van der Waals surface area contributed by atoms with E-state index in [0.717, 1.165) is 12.0 Å². The molecule has 0 heterocycles. The predicted octanol–water partition coefficient (Wildman–Crippen LogP) is 4.68. The molecule has 2 unspecified atom stereocenters. The highest BCUT2D eigenvalue weighted by Crippen LogP contribution is 2.49. The fourth-order valence-corrected chi connectivity index (χ4v) is 3.42. The van der Waals surface area contributed by atoms with Crippen molar-refractivity contribution in [3.8, 4) is 0 Å². The first kappa shape index (κ1) is 17.0. The van der Waals surface area contributed by atoms with E-state index in [0.29, 0.717) is 17.1 Å². The van der Waals surface area contributed by atoms with Gasteiger partial charge in [-0.25, -0.2) is 4.39 Å². The summed E-state index contributed by atoms with van der Waals surface area (Å²) < 4.78 is 14.0. The number of nitrogens with one attached hydrogen (secondary N) is 1. The van der Waals surface area contributed by atoms with Crippen LogP contribution in [-0.4, -0.2) is 12.5 Å². The molecule has 0 radical (unpaired) electrons. The van der Waals surface area contributed by atoms with Crippen LogP contribution in [0.5, 0.6) is 0 Å². The molecule has 1 amide bonds. The van der Waals surface area contributed by atoms with Crippen molar-refractivity contribution >= 4 is 17.5 Å². The first-order valence-electron chi connectivity index (χ1n) is 8.17. The normalized spacial score (nSPS) is 19.8. The molecule has 3 rings (SSSR count). The SMILES string of the molecule is CC(C)(CNC(=O)C1CC1c1ccccc1Cl)c1ccccc1F. The summed E-state index contributed by atoms with van der Waals surface area (Å²) in [5.74, 6) is -0.0713. The van der Waals surface area contributed by atoms with Crippen LogP contribution >= 0.6 is 11.6 Å². The minimum Gasteiger partial charge on any atom is -0.355 e. The van der Waals surface area contributed by atoms with Gasteiger partial charge in [-0.15, -0.1) is 0 Å². The predicted molar refractivity (Wildman–Crippen MR) is 94.7 cm³/mol. The Morgan fingerprint density at radius 2 is 1.88 bits per heavy atom. The van der Waals surface area contributed by atoms with Gasteiger partial charge in [-0.3, -0.25) is 4.79 Å². The molecule has 0 saturated heterocycles. The lowest BCUT2D eigenvalue weighted by atomic mass is 9.84. The minimum atomic E-state index is -0.463. The molecule has 1 saturated carbocycles. The quantitative estimate of drug-likeness (QED) is 0.837. The Kier molecular flexibility index (Phi) is 4.64. The lowest BCUT2D eigenvalue weighted by Crippen LogP contribution is -2.38. The maximum atomic E-state index is 14.0. The Morgan fingerprint density at radius 1 is 1.21 bits per heavy atom. The summed E-state index contributed by atoms with van der Waals surface area (Å²) in [4.78, 5) is 12.4. The molecule has 0 spiro atoms. The Bertz CT molecular complexity index is 759. The molecule has 126 valence electrons. The average Bonchev–Trinajstić information content (AvgIpc) is 3.34. The zero-order chi connectivity index (χ0) is 17.3. The van der Waals surface area contributed by atoms with Crippen LogP contribution in [0.3, 0.4) is 0 Å². The third-order valence-corrected chi connectivity index (χ3v) is 5.08. The third-order valence-electron chi connectivity index (χ3n) is 4.74. The van der Waals surface area contributed by atoms with Crippen LogP contribution in [0, 0.1) is 11.7 Å². The van der Waals surface area contributed by atoms with Gasteiger partial charge in [-0.2, -0.15) is 0 Å². The Hall–Kier alpha value is -1.87. The number of rotatable bonds is 5. The lowest BCUT2D eigenvalue weighted by molar-refractivity contribution is -0.122. The van der Waals surface area contributed by atoms with Crippen LogP contribution in [-0.2, 0) is 10.2 Å². The van der Waals surface area contributed by atoms with Crippen molar-refractivity contribution in [3.63, 3.8) is 0 Å². The van der Waals surface area contributed by atoms with Gasteiger partial charge in [-0.1, -0.05) is 61.8 Å². The highest BCUT2D eigenvalue weighted by Gasteiger charge is 2.45. The number of hydrogen-bond acceptors (Lipinski definition) is 1. The number of hydrogen-bond donors (Lipinski definition) is 1. The Balaban J connectivity index is 1.61. The number of carbonyl (C=O) groups excluding carboxylic acids is 1. The molecule has 24 heavy (non-hydrogen) atoms. The monoisotopic (exact) mass is 345 g/mol. The van der Waals surface area contributed by atoms with E-state index in [2.05, 4.69) is 5.32 Å². The molecule has 2 nitrogen and oxygen atoms in total. The summed E-state index contributed by atoms with van der Waals surface area (Å²) in [6.45, 7) is 4.27. The van der Waals surface area contributed by atoms with E-state index >= 15 is 0 Å². The van der Waals surface area contributed by atoms with Crippen molar-refractivity contribution < 1.29 is 9.18 Å². The van der Waals surface area contributed by atoms with Crippen molar-refractivity contribution in [3.05, 3.63) is 70.5 Å². The third kappa shape index (κ3) is 3.46. The van der Waals surface area contributed by atoms with Crippen molar-refractivity contribution in [2.45, 2.75) is 31.6 Å². The minimum absolute atomic E-state index is 0.0179. The number of benzene rings is 2. The maximum Gasteiger partial charge on any atom is 0.223 e. The van der Waals surface area contributed by atoms with Crippen LogP contribution in [0.15, 0.2) is 48.5 Å². The standard InChI is InChI=1S/C20H21ClFNO/c1-20(2,16-8-4-6-10-18(16)22)12-23-19(24)15-11-14(15)13-7-3-5-9-17(13)21/h3-10,14-15H,11-12H2,1-2H3,(H,23,24). The van der Waals surface area contributed by atoms with Crippen molar-refractivity contribution in [1.29, 1.82) is 0 Å². The highest BCUT2D eigenvalue weighted by molar-refractivity contribution is 6.31. The molecule has 2 aromatic carbocycles. The number of amides is 1. The molecule has 0 bridgehead atoms. The molecule has 1 aliphatic rings.